The first-order valence-corrected chi connectivity index (χ1v) is 12.6. The molecule has 1 N–H and O–H groups in total. The van der Waals surface area contributed by atoms with E-state index in [9.17, 15) is 4.79 Å². The Morgan fingerprint density at radius 1 is 1.00 bits per heavy atom. The molecule has 0 aliphatic carbocycles. The van der Waals surface area contributed by atoms with Gasteiger partial charge in [-0.2, -0.15) is 0 Å². The van der Waals surface area contributed by atoms with Gasteiger partial charge in [0.15, 0.2) is 5.82 Å². The van der Waals surface area contributed by atoms with E-state index in [2.05, 4.69) is 74.6 Å². The number of fused-ring (bicyclic) bond motifs is 1. The second-order valence-electron chi connectivity index (χ2n) is 9.47. The molecule has 1 atom stereocenters. The van der Waals surface area contributed by atoms with Crippen LogP contribution in [-0.4, -0.2) is 35.1 Å². The minimum atomic E-state index is -0.103. The van der Waals surface area contributed by atoms with Crippen LogP contribution in [0.4, 0.5) is 0 Å². The molecule has 8 heteroatoms. The van der Waals surface area contributed by atoms with Crippen molar-refractivity contribution >= 4 is 10.9 Å². The number of nitrogens with zero attached hydrogens (tertiary/aromatic N) is 6. The van der Waals surface area contributed by atoms with Gasteiger partial charge in [-0.15, -0.1) is 5.10 Å². The van der Waals surface area contributed by atoms with E-state index < -0.39 is 0 Å². The molecular formula is C29H31N7O. The summed E-state index contributed by atoms with van der Waals surface area (Å²) < 4.78 is 1.86. The van der Waals surface area contributed by atoms with Gasteiger partial charge in [0, 0.05) is 31.0 Å². The van der Waals surface area contributed by atoms with Crippen LogP contribution in [0, 0.1) is 13.8 Å². The lowest BCUT2D eigenvalue weighted by Gasteiger charge is -2.30. The van der Waals surface area contributed by atoms with Gasteiger partial charge in [0.1, 0.15) is 0 Å². The summed E-state index contributed by atoms with van der Waals surface area (Å²) in [6, 6.07) is 20.2. The molecule has 0 amide bonds. The standard InChI is InChI=1S/C29H31N7O/c1-4-26(28-32-33-34-36(28)18-22-9-6-5-7-10-22)35(17-23-11-8-14-30-16-23)19-25-15-24-13-12-20(2)21(3)27(24)31-29(25)37/h5-16,26H,4,17-19H2,1-3H3,(H,31,37)/t26-/m0/s1. The van der Waals surface area contributed by atoms with Crippen LogP contribution in [0.15, 0.2) is 77.9 Å². The Labute approximate surface area is 216 Å². The molecule has 0 unspecified atom stereocenters. The lowest BCUT2D eigenvalue weighted by atomic mass is 10.0. The summed E-state index contributed by atoms with van der Waals surface area (Å²) in [4.78, 5) is 23.0. The number of aryl methyl sites for hydroxylation is 2. The third kappa shape index (κ3) is 5.34. The van der Waals surface area contributed by atoms with Crippen LogP contribution >= 0.6 is 0 Å². The normalized spacial score (nSPS) is 12.3. The molecule has 0 saturated heterocycles. The van der Waals surface area contributed by atoms with Gasteiger partial charge in [-0.1, -0.05) is 55.5 Å². The number of aromatic amines is 1. The monoisotopic (exact) mass is 493 g/mol. The van der Waals surface area contributed by atoms with Gasteiger partial charge >= 0.3 is 0 Å². The van der Waals surface area contributed by atoms with Crippen LogP contribution in [0.3, 0.4) is 0 Å². The molecule has 5 aromatic rings. The number of hydrogen-bond donors (Lipinski definition) is 1. The number of hydrogen-bond acceptors (Lipinski definition) is 6. The van der Waals surface area contributed by atoms with Gasteiger partial charge in [-0.3, -0.25) is 14.7 Å². The third-order valence-corrected chi connectivity index (χ3v) is 6.97. The minimum Gasteiger partial charge on any atom is -0.321 e. The lowest BCUT2D eigenvalue weighted by Crippen LogP contribution is -2.32. The molecule has 0 radical (unpaired) electrons. The van der Waals surface area contributed by atoms with Gasteiger partial charge in [-0.25, -0.2) is 4.68 Å². The Kier molecular flexibility index (Phi) is 7.18. The molecule has 2 aromatic carbocycles. The molecule has 5 rings (SSSR count). The molecule has 8 nitrogen and oxygen atoms in total. The van der Waals surface area contributed by atoms with E-state index in [0.717, 1.165) is 45.4 Å². The Hall–Kier alpha value is -4.17. The van der Waals surface area contributed by atoms with Crippen molar-refractivity contribution in [3.63, 3.8) is 0 Å². The highest BCUT2D eigenvalue weighted by molar-refractivity contribution is 5.83. The average Bonchev–Trinajstić information content (AvgIpc) is 3.36. The van der Waals surface area contributed by atoms with Gasteiger partial charge in [0.25, 0.3) is 5.56 Å². The summed E-state index contributed by atoms with van der Waals surface area (Å²) >= 11 is 0. The molecule has 188 valence electrons. The quantitative estimate of drug-likeness (QED) is 0.319. The number of benzene rings is 2. The second kappa shape index (κ2) is 10.8. The maximum Gasteiger partial charge on any atom is 0.252 e. The molecule has 0 saturated carbocycles. The van der Waals surface area contributed by atoms with E-state index >= 15 is 0 Å². The van der Waals surface area contributed by atoms with Crippen LogP contribution in [-0.2, 0) is 19.6 Å². The predicted molar refractivity (Wildman–Crippen MR) is 144 cm³/mol. The Bertz CT molecular complexity index is 1540. The van der Waals surface area contributed by atoms with Crippen molar-refractivity contribution in [1.29, 1.82) is 0 Å². The van der Waals surface area contributed by atoms with Crippen LogP contribution in [0.5, 0.6) is 0 Å². The highest BCUT2D eigenvalue weighted by atomic mass is 16.1. The maximum atomic E-state index is 13.3. The van der Waals surface area contributed by atoms with Gasteiger partial charge in [-0.05, 0) is 70.5 Å². The van der Waals surface area contributed by atoms with Crippen molar-refractivity contribution in [2.24, 2.45) is 0 Å². The van der Waals surface area contributed by atoms with Crippen LogP contribution in [0.2, 0.25) is 0 Å². The minimum absolute atomic E-state index is 0.0730. The first-order chi connectivity index (χ1) is 18.0. The van der Waals surface area contributed by atoms with Crippen molar-refractivity contribution in [1.82, 2.24) is 35.1 Å². The molecule has 0 aliphatic heterocycles. The lowest BCUT2D eigenvalue weighted by molar-refractivity contribution is 0.161. The van der Waals surface area contributed by atoms with E-state index in [0.29, 0.717) is 25.2 Å². The van der Waals surface area contributed by atoms with Crippen molar-refractivity contribution in [2.45, 2.75) is 52.9 Å². The van der Waals surface area contributed by atoms with E-state index in [4.69, 9.17) is 0 Å². The Balaban J connectivity index is 1.53. The number of rotatable bonds is 9. The molecule has 0 aliphatic rings. The fourth-order valence-electron chi connectivity index (χ4n) is 4.83. The first-order valence-electron chi connectivity index (χ1n) is 12.6. The predicted octanol–water partition coefficient (Wildman–Crippen LogP) is 4.73. The smallest absolute Gasteiger partial charge is 0.252 e. The summed E-state index contributed by atoms with van der Waals surface area (Å²) in [6.07, 6.45) is 4.41. The van der Waals surface area contributed by atoms with Crippen molar-refractivity contribution < 1.29 is 0 Å². The second-order valence-corrected chi connectivity index (χ2v) is 9.47. The van der Waals surface area contributed by atoms with Crippen molar-refractivity contribution in [3.05, 3.63) is 117 Å². The van der Waals surface area contributed by atoms with Gasteiger partial charge in [0.05, 0.1) is 18.1 Å². The first kappa shape index (κ1) is 24.5. The van der Waals surface area contributed by atoms with Gasteiger partial charge < -0.3 is 4.98 Å². The SMILES string of the molecule is CC[C@@H](c1nnnn1Cc1ccccc1)N(Cc1cccnc1)Cc1cc2ccc(C)c(C)c2[nH]c1=O. The fourth-order valence-corrected chi connectivity index (χ4v) is 4.83. The molecular weight excluding hydrogens is 462 g/mol. The summed E-state index contributed by atoms with van der Waals surface area (Å²) in [6.45, 7) is 7.86. The molecule has 0 spiro atoms. The van der Waals surface area contributed by atoms with Crippen LogP contribution in [0.25, 0.3) is 10.9 Å². The molecule has 37 heavy (non-hydrogen) atoms. The highest BCUT2D eigenvalue weighted by Gasteiger charge is 2.26. The molecule has 0 fully saturated rings. The number of H-pyrrole nitrogens is 1. The molecule has 3 heterocycles. The summed E-state index contributed by atoms with van der Waals surface area (Å²) in [5.41, 5.74) is 5.97. The van der Waals surface area contributed by atoms with Crippen LogP contribution in [0.1, 0.15) is 53.0 Å². The number of pyridine rings is 2. The molecule has 3 aromatic heterocycles. The summed E-state index contributed by atoms with van der Waals surface area (Å²) in [5, 5.41) is 13.8. The Morgan fingerprint density at radius 2 is 1.81 bits per heavy atom. The Morgan fingerprint density at radius 3 is 2.57 bits per heavy atom. The van der Waals surface area contributed by atoms with Gasteiger partial charge in [0.2, 0.25) is 0 Å². The van der Waals surface area contributed by atoms with E-state index in [1.54, 1.807) is 6.20 Å². The summed E-state index contributed by atoms with van der Waals surface area (Å²) in [7, 11) is 0. The maximum absolute atomic E-state index is 13.3. The topological polar surface area (TPSA) is 92.6 Å². The molecule has 0 bridgehead atoms. The number of tetrazole rings is 1. The van der Waals surface area contributed by atoms with Crippen molar-refractivity contribution in [3.8, 4) is 0 Å². The van der Waals surface area contributed by atoms with Crippen molar-refractivity contribution in [2.75, 3.05) is 0 Å². The largest absolute Gasteiger partial charge is 0.321 e. The third-order valence-electron chi connectivity index (χ3n) is 6.97. The van der Waals surface area contributed by atoms with Crippen LogP contribution < -0.4 is 5.56 Å². The van der Waals surface area contributed by atoms with E-state index in [-0.39, 0.29) is 11.6 Å². The van der Waals surface area contributed by atoms with E-state index in [1.807, 2.05) is 48.1 Å². The zero-order chi connectivity index (χ0) is 25.8. The number of aromatic nitrogens is 6. The fraction of sp³-hybridized carbons (Fsp3) is 0.276. The summed E-state index contributed by atoms with van der Waals surface area (Å²) in [5.74, 6) is 0.777. The average molecular weight is 494 g/mol. The zero-order valence-corrected chi connectivity index (χ0v) is 21.4. The van der Waals surface area contributed by atoms with E-state index in [1.165, 1.54) is 0 Å². The zero-order valence-electron chi connectivity index (χ0n) is 21.4. The highest BCUT2D eigenvalue weighted by Crippen LogP contribution is 2.27. The number of nitrogens with one attached hydrogen (secondary N) is 1.